The molecule has 7 nitrogen and oxygen atoms in total. The number of pyridine rings is 1. The number of carbonyl (C=O) groups excluding carboxylic acids is 1. The van der Waals surface area contributed by atoms with E-state index in [0.29, 0.717) is 25.1 Å². The first-order valence-electron chi connectivity index (χ1n) is 9.15. The first-order valence-corrected chi connectivity index (χ1v) is 9.15. The summed E-state index contributed by atoms with van der Waals surface area (Å²) in [5, 5.41) is 10.9. The molecule has 156 valence electrons. The van der Waals surface area contributed by atoms with Crippen LogP contribution in [-0.2, 0) is 11.2 Å². The molecule has 0 aromatic carbocycles. The predicted octanol–water partition coefficient (Wildman–Crippen LogP) is 2.42. The van der Waals surface area contributed by atoms with Crippen LogP contribution in [0.25, 0.3) is 5.82 Å². The quantitative estimate of drug-likeness (QED) is 0.705. The van der Waals surface area contributed by atoms with Crippen molar-refractivity contribution in [3.63, 3.8) is 0 Å². The summed E-state index contributed by atoms with van der Waals surface area (Å²) < 4.78 is 7.17. The van der Waals surface area contributed by atoms with E-state index in [1.165, 1.54) is 0 Å². The van der Waals surface area contributed by atoms with E-state index in [1.54, 1.807) is 24.2 Å². The third-order valence-electron chi connectivity index (χ3n) is 5.05. The lowest BCUT2D eigenvalue weighted by Crippen LogP contribution is -2.47. The summed E-state index contributed by atoms with van der Waals surface area (Å²) in [7, 11) is 1.72. The second kappa shape index (κ2) is 11.4. The van der Waals surface area contributed by atoms with E-state index in [0.717, 1.165) is 37.4 Å². The Hall–Kier alpha value is -1.67. The van der Waals surface area contributed by atoms with Gasteiger partial charge in [-0.25, -0.2) is 9.67 Å². The maximum Gasteiger partial charge on any atom is 0.254 e. The first-order chi connectivity index (χ1) is 12.7. The molecule has 3 heterocycles. The van der Waals surface area contributed by atoms with Crippen LogP contribution >= 0.6 is 24.8 Å². The van der Waals surface area contributed by atoms with Crippen LogP contribution in [0.15, 0.2) is 30.6 Å². The Labute approximate surface area is 178 Å². The highest BCUT2D eigenvalue weighted by Gasteiger charge is 2.33. The van der Waals surface area contributed by atoms with Crippen LogP contribution in [0.2, 0.25) is 0 Å². The highest BCUT2D eigenvalue weighted by molar-refractivity contribution is 5.95. The van der Waals surface area contributed by atoms with Gasteiger partial charge >= 0.3 is 0 Å². The number of carbonyl (C=O) groups is 1. The number of rotatable bonds is 7. The zero-order chi connectivity index (χ0) is 18.4. The van der Waals surface area contributed by atoms with Crippen molar-refractivity contribution >= 4 is 30.7 Å². The summed E-state index contributed by atoms with van der Waals surface area (Å²) in [6, 6.07) is 5.66. The second-order valence-electron chi connectivity index (χ2n) is 6.82. The fourth-order valence-electron chi connectivity index (χ4n) is 3.58. The molecule has 28 heavy (non-hydrogen) atoms. The third-order valence-corrected chi connectivity index (χ3v) is 5.05. The standard InChI is InChI=1S/C19H27N5O2.2ClH/c1-3-16-15(12-23-24(16)17-6-4-5-9-21-17)18(25)22-13-19(14-26-2)7-10-20-11-8-19;;/h4-6,9,12,20H,3,7-8,10-11,13-14H2,1-2H3,(H,22,25);2*1H. The monoisotopic (exact) mass is 429 g/mol. The van der Waals surface area contributed by atoms with E-state index >= 15 is 0 Å². The minimum Gasteiger partial charge on any atom is -0.384 e. The van der Waals surface area contributed by atoms with Crippen molar-refractivity contribution in [1.82, 2.24) is 25.4 Å². The van der Waals surface area contributed by atoms with Crippen LogP contribution in [0.5, 0.6) is 0 Å². The second-order valence-corrected chi connectivity index (χ2v) is 6.82. The predicted molar refractivity (Wildman–Crippen MR) is 114 cm³/mol. The van der Waals surface area contributed by atoms with Gasteiger partial charge < -0.3 is 15.4 Å². The van der Waals surface area contributed by atoms with E-state index in [4.69, 9.17) is 4.74 Å². The normalized spacial score (nSPS) is 15.2. The summed E-state index contributed by atoms with van der Waals surface area (Å²) in [6.07, 6.45) is 6.05. The zero-order valence-corrected chi connectivity index (χ0v) is 17.9. The van der Waals surface area contributed by atoms with Crippen molar-refractivity contribution in [1.29, 1.82) is 0 Å². The van der Waals surface area contributed by atoms with E-state index in [2.05, 4.69) is 20.7 Å². The number of nitrogens with zero attached hydrogens (tertiary/aromatic N) is 3. The Morgan fingerprint density at radius 1 is 1.32 bits per heavy atom. The van der Waals surface area contributed by atoms with E-state index < -0.39 is 0 Å². The lowest BCUT2D eigenvalue weighted by Gasteiger charge is -2.37. The molecule has 0 unspecified atom stereocenters. The molecule has 2 aromatic heterocycles. The number of halogens is 2. The number of hydrogen-bond donors (Lipinski definition) is 2. The number of piperidine rings is 1. The molecule has 3 rings (SSSR count). The molecule has 1 amide bonds. The van der Waals surface area contributed by atoms with E-state index in [9.17, 15) is 4.79 Å². The molecule has 2 aromatic rings. The molecule has 0 spiro atoms. The van der Waals surface area contributed by atoms with Crippen LogP contribution in [0.4, 0.5) is 0 Å². The summed E-state index contributed by atoms with van der Waals surface area (Å²) in [6.45, 7) is 5.20. The zero-order valence-electron chi connectivity index (χ0n) is 16.3. The molecular weight excluding hydrogens is 401 g/mol. The van der Waals surface area contributed by atoms with Crippen molar-refractivity contribution in [2.24, 2.45) is 5.41 Å². The van der Waals surface area contributed by atoms with E-state index in [1.807, 2.05) is 25.1 Å². The number of amides is 1. The Morgan fingerprint density at radius 3 is 2.68 bits per heavy atom. The van der Waals surface area contributed by atoms with Gasteiger partial charge in [0.15, 0.2) is 5.82 Å². The Bertz CT molecular complexity index is 728. The molecule has 1 aliphatic heterocycles. The van der Waals surface area contributed by atoms with Gasteiger partial charge in [0, 0.05) is 25.3 Å². The van der Waals surface area contributed by atoms with Crippen molar-refractivity contribution in [2.45, 2.75) is 26.2 Å². The number of methoxy groups -OCH3 is 1. The Morgan fingerprint density at radius 2 is 2.07 bits per heavy atom. The van der Waals surface area contributed by atoms with Gasteiger partial charge in [-0.1, -0.05) is 13.0 Å². The van der Waals surface area contributed by atoms with Gasteiger partial charge in [0.1, 0.15) is 0 Å². The largest absolute Gasteiger partial charge is 0.384 e. The molecule has 9 heteroatoms. The maximum absolute atomic E-state index is 12.8. The molecule has 2 N–H and O–H groups in total. The number of nitrogens with one attached hydrogen (secondary N) is 2. The van der Waals surface area contributed by atoms with Gasteiger partial charge in [0.05, 0.1) is 24.1 Å². The van der Waals surface area contributed by atoms with Crippen molar-refractivity contribution in [3.05, 3.63) is 41.9 Å². The summed E-state index contributed by atoms with van der Waals surface area (Å²) in [5.74, 6) is 0.635. The summed E-state index contributed by atoms with van der Waals surface area (Å²) >= 11 is 0. The van der Waals surface area contributed by atoms with Gasteiger partial charge in [0.25, 0.3) is 5.91 Å². The minimum absolute atomic E-state index is 0. The fraction of sp³-hybridized carbons (Fsp3) is 0.526. The van der Waals surface area contributed by atoms with Crippen molar-refractivity contribution in [3.8, 4) is 5.82 Å². The number of aromatic nitrogens is 3. The summed E-state index contributed by atoms with van der Waals surface area (Å²) in [5.41, 5.74) is 1.48. The molecule has 0 aliphatic carbocycles. The topological polar surface area (TPSA) is 81.1 Å². The van der Waals surface area contributed by atoms with Crippen LogP contribution in [0.1, 0.15) is 35.8 Å². The first kappa shape index (κ1) is 24.4. The van der Waals surface area contributed by atoms with Crippen LogP contribution in [0, 0.1) is 5.41 Å². The van der Waals surface area contributed by atoms with Gasteiger partial charge in [-0.05, 0) is 44.5 Å². The van der Waals surface area contributed by atoms with Crippen LogP contribution in [-0.4, -0.2) is 54.0 Å². The smallest absolute Gasteiger partial charge is 0.254 e. The van der Waals surface area contributed by atoms with Crippen molar-refractivity contribution in [2.75, 3.05) is 33.4 Å². The number of ether oxygens (including phenoxy) is 1. The van der Waals surface area contributed by atoms with Gasteiger partial charge in [0.2, 0.25) is 0 Å². The third kappa shape index (κ3) is 5.44. The average molecular weight is 430 g/mol. The van der Waals surface area contributed by atoms with Gasteiger partial charge in [-0.15, -0.1) is 24.8 Å². The number of hydrogen-bond acceptors (Lipinski definition) is 5. The molecule has 0 saturated carbocycles. The van der Waals surface area contributed by atoms with Gasteiger partial charge in [-0.3, -0.25) is 4.79 Å². The minimum atomic E-state index is -0.0851. The molecule has 0 atom stereocenters. The lowest BCUT2D eigenvalue weighted by molar-refractivity contribution is 0.0511. The lowest BCUT2D eigenvalue weighted by atomic mass is 9.79. The Kier molecular flexibility index (Phi) is 9.89. The fourth-order valence-corrected chi connectivity index (χ4v) is 3.58. The molecule has 0 radical (unpaired) electrons. The van der Waals surface area contributed by atoms with Crippen LogP contribution < -0.4 is 10.6 Å². The SMILES string of the molecule is CCc1c(C(=O)NCC2(COC)CCNCC2)cnn1-c1ccccn1.Cl.Cl. The highest BCUT2D eigenvalue weighted by atomic mass is 35.5. The maximum atomic E-state index is 12.8. The summed E-state index contributed by atoms with van der Waals surface area (Å²) in [4.78, 5) is 17.1. The molecule has 1 saturated heterocycles. The van der Waals surface area contributed by atoms with Gasteiger partial charge in [-0.2, -0.15) is 5.10 Å². The molecular formula is C19H29Cl2N5O2. The molecule has 1 fully saturated rings. The molecule has 1 aliphatic rings. The molecule has 0 bridgehead atoms. The Balaban J connectivity index is 0.00000196. The van der Waals surface area contributed by atoms with E-state index in [-0.39, 0.29) is 36.1 Å². The average Bonchev–Trinajstić information content (AvgIpc) is 3.12. The highest BCUT2D eigenvalue weighted by Crippen LogP contribution is 2.28. The van der Waals surface area contributed by atoms with Crippen LogP contribution in [0.3, 0.4) is 0 Å². The van der Waals surface area contributed by atoms with Crippen molar-refractivity contribution < 1.29 is 9.53 Å².